The van der Waals surface area contributed by atoms with E-state index < -0.39 is 0 Å². The van der Waals surface area contributed by atoms with Gasteiger partial charge in [0.25, 0.3) is 0 Å². The number of carbonyl (C=O) groups is 1. The Kier molecular flexibility index (Phi) is 4.63. The van der Waals surface area contributed by atoms with E-state index in [2.05, 4.69) is 4.90 Å². The van der Waals surface area contributed by atoms with Crippen molar-refractivity contribution in [1.29, 1.82) is 0 Å². The molecular formula is C21H21NO3. The highest BCUT2D eigenvalue weighted by molar-refractivity contribution is 5.90. The summed E-state index contributed by atoms with van der Waals surface area (Å²) in [5.74, 6) is 1.34. The SMILES string of the molecule is O=CC1C(c2ccccc2)=C(CN2CCOCC2)Oc2ccccc21. The first-order chi connectivity index (χ1) is 12.4. The van der Waals surface area contributed by atoms with E-state index in [0.29, 0.717) is 6.54 Å². The lowest BCUT2D eigenvalue weighted by molar-refractivity contribution is -0.108. The molecule has 4 heteroatoms. The number of carbonyl (C=O) groups excluding carboxylic acids is 1. The third-order valence-electron chi connectivity index (χ3n) is 4.79. The van der Waals surface area contributed by atoms with Gasteiger partial charge in [-0.15, -0.1) is 0 Å². The Balaban J connectivity index is 1.78. The average Bonchev–Trinajstić information content (AvgIpc) is 2.68. The first kappa shape index (κ1) is 16.1. The van der Waals surface area contributed by atoms with Crippen LogP contribution in [0.5, 0.6) is 5.75 Å². The second-order valence-electron chi connectivity index (χ2n) is 6.35. The molecule has 4 nitrogen and oxygen atoms in total. The van der Waals surface area contributed by atoms with Crippen molar-refractivity contribution in [1.82, 2.24) is 4.90 Å². The molecule has 1 fully saturated rings. The normalized spacial score (nSPS) is 20.7. The maximum atomic E-state index is 12.0. The summed E-state index contributed by atoms with van der Waals surface area (Å²) in [5.41, 5.74) is 2.94. The topological polar surface area (TPSA) is 38.8 Å². The molecule has 128 valence electrons. The van der Waals surface area contributed by atoms with Gasteiger partial charge in [0.2, 0.25) is 0 Å². The van der Waals surface area contributed by atoms with Crippen molar-refractivity contribution in [3.8, 4) is 5.75 Å². The molecule has 0 bridgehead atoms. The minimum Gasteiger partial charge on any atom is -0.460 e. The molecule has 2 aliphatic heterocycles. The molecule has 2 aromatic carbocycles. The van der Waals surface area contributed by atoms with Gasteiger partial charge in [0.15, 0.2) is 0 Å². The molecule has 25 heavy (non-hydrogen) atoms. The lowest BCUT2D eigenvalue weighted by atomic mass is 9.84. The highest BCUT2D eigenvalue weighted by atomic mass is 16.5. The Morgan fingerprint density at radius 3 is 2.48 bits per heavy atom. The summed E-state index contributed by atoms with van der Waals surface area (Å²) in [7, 11) is 0. The third kappa shape index (κ3) is 3.23. The molecule has 0 saturated carbocycles. The minimum absolute atomic E-state index is 0.302. The molecule has 1 unspecified atom stereocenters. The Morgan fingerprint density at radius 1 is 1.00 bits per heavy atom. The van der Waals surface area contributed by atoms with Gasteiger partial charge in [-0.2, -0.15) is 0 Å². The third-order valence-corrected chi connectivity index (χ3v) is 4.79. The van der Waals surface area contributed by atoms with Crippen LogP contribution in [0.4, 0.5) is 0 Å². The van der Waals surface area contributed by atoms with E-state index >= 15 is 0 Å². The quantitative estimate of drug-likeness (QED) is 0.805. The predicted octanol–water partition coefficient (Wildman–Crippen LogP) is 3.11. The largest absolute Gasteiger partial charge is 0.460 e. The fraction of sp³-hybridized carbons (Fsp3) is 0.286. The summed E-state index contributed by atoms with van der Waals surface area (Å²) in [6.07, 6.45) is 1.03. The van der Waals surface area contributed by atoms with Crippen LogP contribution in [0.1, 0.15) is 17.0 Å². The Bertz CT molecular complexity index is 779. The number of para-hydroxylation sites is 1. The molecule has 1 atom stereocenters. The van der Waals surface area contributed by atoms with Gasteiger partial charge in [-0.3, -0.25) is 4.90 Å². The molecule has 2 aliphatic rings. The molecule has 0 N–H and O–H groups in total. The van der Waals surface area contributed by atoms with Gasteiger partial charge in [-0.05, 0) is 11.6 Å². The van der Waals surface area contributed by atoms with Gasteiger partial charge in [0.1, 0.15) is 17.8 Å². The zero-order valence-corrected chi connectivity index (χ0v) is 14.1. The number of hydrogen-bond acceptors (Lipinski definition) is 4. The van der Waals surface area contributed by atoms with Crippen LogP contribution < -0.4 is 4.74 Å². The van der Waals surface area contributed by atoms with Gasteiger partial charge in [0, 0.05) is 24.2 Å². The molecule has 0 amide bonds. The van der Waals surface area contributed by atoms with Crippen molar-refractivity contribution >= 4 is 11.9 Å². The summed E-state index contributed by atoms with van der Waals surface area (Å²) in [5, 5.41) is 0. The molecule has 0 radical (unpaired) electrons. The van der Waals surface area contributed by atoms with Crippen LogP contribution in [-0.4, -0.2) is 44.0 Å². The second-order valence-corrected chi connectivity index (χ2v) is 6.35. The molecular weight excluding hydrogens is 314 g/mol. The number of nitrogens with zero attached hydrogens (tertiary/aromatic N) is 1. The number of rotatable bonds is 4. The fourth-order valence-corrected chi connectivity index (χ4v) is 3.53. The van der Waals surface area contributed by atoms with E-state index in [1.165, 1.54) is 0 Å². The lowest BCUT2D eigenvalue weighted by Gasteiger charge is -2.32. The number of fused-ring (bicyclic) bond motifs is 1. The molecule has 0 spiro atoms. The first-order valence-corrected chi connectivity index (χ1v) is 8.67. The van der Waals surface area contributed by atoms with Crippen molar-refractivity contribution in [2.45, 2.75) is 5.92 Å². The van der Waals surface area contributed by atoms with Crippen LogP contribution in [0.3, 0.4) is 0 Å². The van der Waals surface area contributed by atoms with Crippen LogP contribution in [0.25, 0.3) is 5.57 Å². The van der Waals surface area contributed by atoms with Crippen LogP contribution in [0.2, 0.25) is 0 Å². The van der Waals surface area contributed by atoms with E-state index in [-0.39, 0.29) is 5.92 Å². The average molecular weight is 335 g/mol. The molecule has 4 rings (SSSR count). The maximum absolute atomic E-state index is 12.0. The Labute approximate surface area is 147 Å². The van der Waals surface area contributed by atoms with Crippen molar-refractivity contribution in [2.24, 2.45) is 0 Å². The predicted molar refractivity (Wildman–Crippen MR) is 96.5 cm³/mol. The molecule has 0 aliphatic carbocycles. The van der Waals surface area contributed by atoms with Crippen LogP contribution >= 0.6 is 0 Å². The summed E-state index contributed by atoms with van der Waals surface area (Å²) in [6, 6.07) is 17.9. The lowest BCUT2D eigenvalue weighted by Crippen LogP contribution is -2.39. The zero-order valence-electron chi connectivity index (χ0n) is 14.1. The monoisotopic (exact) mass is 335 g/mol. The van der Waals surface area contributed by atoms with Crippen LogP contribution in [0.15, 0.2) is 60.4 Å². The van der Waals surface area contributed by atoms with E-state index in [1.54, 1.807) is 0 Å². The molecule has 2 heterocycles. The molecule has 2 aromatic rings. The van der Waals surface area contributed by atoms with Crippen LogP contribution in [0, 0.1) is 0 Å². The number of morpholine rings is 1. The van der Waals surface area contributed by atoms with Gasteiger partial charge < -0.3 is 14.3 Å². The van der Waals surface area contributed by atoms with Gasteiger partial charge >= 0.3 is 0 Å². The number of benzene rings is 2. The highest BCUT2D eigenvalue weighted by Crippen LogP contribution is 2.42. The molecule has 0 aromatic heterocycles. The first-order valence-electron chi connectivity index (χ1n) is 8.67. The van der Waals surface area contributed by atoms with Crippen molar-refractivity contribution in [3.05, 3.63) is 71.5 Å². The number of ether oxygens (including phenoxy) is 2. The van der Waals surface area contributed by atoms with Gasteiger partial charge in [0.05, 0.1) is 25.7 Å². The van der Waals surface area contributed by atoms with E-state index in [0.717, 1.165) is 60.8 Å². The van der Waals surface area contributed by atoms with E-state index in [4.69, 9.17) is 9.47 Å². The number of aldehydes is 1. The van der Waals surface area contributed by atoms with Crippen LogP contribution in [-0.2, 0) is 9.53 Å². The summed E-state index contributed by atoms with van der Waals surface area (Å²) < 4.78 is 11.7. The standard InChI is InChI=1S/C21H21NO3/c23-15-18-17-8-4-5-9-19(17)25-20(14-22-10-12-24-13-11-22)21(18)16-6-2-1-3-7-16/h1-9,15,18H,10-14H2. The van der Waals surface area contributed by atoms with Gasteiger partial charge in [-0.1, -0.05) is 48.5 Å². The minimum atomic E-state index is -0.302. The summed E-state index contributed by atoms with van der Waals surface area (Å²) in [6.45, 7) is 3.92. The van der Waals surface area contributed by atoms with E-state index in [1.807, 2.05) is 54.6 Å². The number of allylic oxidation sites excluding steroid dienone is 1. The summed E-state index contributed by atoms with van der Waals surface area (Å²) in [4.78, 5) is 14.3. The smallest absolute Gasteiger partial charge is 0.132 e. The second kappa shape index (κ2) is 7.21. The Hall–Kier alpha value is -2.43. The van der Waals surface area contributed by atoms with E-state index in [9.17, 15) is 4.79 Å². The van der Waals surface area contributed by atoms with Gasteiger partial charge in [-0.25, -0.2) is 0 Å². The zero-order chi connectivity index (χ0) is 17.1. The van der Waals surface area contributed by atoms with Crippen molar-refractivity contribution < 1.29 is 14.3 Å². The maximum Gasteiger partial charge on any atom is 0.132 e. The van der Waals surface area contributed by atoms with Crippen molar-refractivity contribution in [2.75, 3.05) is 32.8 Å². The number of hydrogen-bond donors (Lipinski definition) is 0. The summed E-state index contributed by atoms with van der Waals surface area (Å²) >= 11 is 0. The van der Waals surface area contributed by atoms with Crippen molar-refractivity contribution in [3.63, 3.8) is 0 Å². The highest BCUT2D eigenvalue weighted by Gasteiger charge is 2.31. The fourth-order valence-electron chi connectivity index (χ4n) is 3.53. The molecule has 1 saturated heterocycles. The Morgan fingerprint density at radius 2 is 1.72 bits per heavy atom.